The highest BCUT2D eigenvalue weighted by Gasteiger charge is 2.14. The number of aromatic nitrogens is 2. The van der Waals surface area contributed by atoms with Crippen LogP contribution in [0.2, 0.25) is 0 Å². The standard InChI is InChI=1S/C21H22FN3O4S/c1-28-17-7-8-19(29-2)18(9-17)24-20(27)13-30-21-23-10-16(12-26)25(21)11-14-3-5-15(22)6-4-14/h3-10,26H,11-13H2,1-2H3,(H,24,27). The summed E-state index contributed by atoms with van der Waals surface area (Å²) in [6.45, 7) is 0.214. The Bertz CT molecular complexity index is 1010. The number of carbonyl (C=O) groups excluding carboxylic acids is 1. The first kappa shape index (κ1) is 21.7. The fourth-order valence-corrected chi connectivity index (χ4v) is 3.60. The number of carbonyl (C=O) groups is 1. The molecule has 0 fully saturated rings. The summed E-state index contributed by atoms with van der Waals surface area (Å²) in [6, 6.07) is 11.2. The Hall–Kier alpha value is -3.04. The van der Waals surface area contributed by atoms with Crippen molar-refractivity contribution in [3.05, 3.63) is 65.7 Å². The fourth-order valence-electron chi connectivity index (χ4n) is 2.80. The van der Waals surface area contributed by atoms with E-state index < -0.39 is 0 Å². The number of thioether (sulfide) groups is 1. The van der Waals surface area contributed by atoms with Gasteiger partial charge in [0.25, 0.3) is 0 Å². The number of aliphatic hydroxyl groups is 1. The summed E-state index contributed by atoms with van der Waals surface area (Å²) in [4.78, 5) is 16.8. The van der Waals surface area contributed by atoms with Gasteiger partial charge in [-0.15, -0.1) is 0 Å². The number of nitrogens with zero attached hydrogens (tertiary/aromatic N) is 2. The maximum Gasteiger partial charge on any atom is 0.234 e. The smallest absolute Gasteiger partial charge is 0.234 e. The Morgan fingerprint density at radius 3 is 2.63 bits per heavy atom. The van der Waals surface area contributed by atoms with Crippen molar-refractivity contribution in [2.24, 2.45) is 0 Å². The molecule has 158 valence electrons. The van der Waals surface area contributed by atoms with Crippen LogP contribution in [0.4, 0.5) is 10.1 Å². The largest absolute Gasteiger partial charge is 0.497 e. The molecule has 0 aliphatic carbocycles. The van der Waals surface area contributed by atoms with Gasteiger partial charge in [0.1, 0.15) is 17.3 Å². The number of aliphatic hydroxyl groups excluding tert-OH is 1. The van der Waals surface area contributed by atoms with Gasteiger partial charge in [0.2, 0.25) is 5.91 Å². The van der Waals surface area contributed by atoms with E-state index in [1.165, 1.54) is 31.0 Å². The van der Waals surface area contributed by atoms with Crippen molar-refractivity contribution < 1.29 is 23.8 Å². The van der Waals surface area contributed by atoms with Crippen LogP contribution in [-0.2, 0) is 17.9 Å². The van der Waals surface area contributed by atoms with Crippen LogP contribution in [0.5, 0.6) is 11.5 Å². The molecule has 0 saturated carbocycles. The molecule has 2 N–H and O–H groups in total. The zero-order valence-electron chi connectivity index (χ0n) is 16.6. The van der Waals surface area contributed by atoms with Gasteiger partial charge in [0.15, 0.2) is 5.16 Å². The average Bonchev–Trinajstić information content (AvgIpc) is 3.15. The molecule has 0 bridgehead atoms. The zero-order chi connectivity index (χ0) is 21.5. The minimum absolute atomic E-state index is 0.103. The van der Waals surface area contributed by atoms with Crippen molar-refractivity contribution in [2.75, 3.05) is 25.3 Å². The third kappa shape index (κ3) is 5.31. The van der Waals surface area contributed by atoms with E-state index in [1.807, 2.05) is 0 Å². The first-order valence-corrected chi connectivity index (χ1v) is 10.1. The van der Waals surface area contributed by atoms with Crippen LogP contribution in [-0.4, -0.2) is 40.5 Å². The van der Waals surface area contributed by atoms with E-state index in [4.69, 9.17) is 9.47 Å². The lowest BCUT2D eigenvalue weighted by Crippen LogP contribution is -2.15. The van der Waals surface area contributed by atoms with Gasteiger partial charge in [0.05, 0.1) is 44.2 Å². The SMILES string of the molecule is COc1ccc(OC)c(NC(=O)CSc2ncc(CO)n2Cc2ccc(F)cc2)c1. The monoisotopic (exact) mass is 431 g/mol. The van der Waals surface area contributed by atoms with Gasteiger partial charge in [-0.25, -0.2) is 9.37 Å². The Balaban J connectivity index is 1.69. The summed E-state index contributed by atoms with van der Waals surface area (Å²) in [5.74, 6) is 0.668. The number of amides is 1. The molecule has 0 spiro atoms. The summed E-state index contributed by atoms with van der Waals surface area (Å²) >= 11 is 1.24. The number of hydrogen-bond acceptors (Lipinski definition) is 6. The van der Waals surface area contributed by atoms with E-state index in [2.05, 4.69) is 10.3 Å². The maximum absolute atomic E-state index is 13.2. The summed E-state index contributed by atoms with van der Waals surface area (Å²) in [5, 5.41) is 13.0. The van der Waals surface area contributed by atoms with Crippen LogP contribution < -0.4 is 14.8 Å². The third-order valence-electron chi connectivity index (χ3n) is 4.33. The molecule has 0 radical (unpaired) electrons. The molecular formula is C21H22FN3O4S. The van der Waals surface area contributed by atoms with E-state index in [0.29, 0.717) is 34.6 Å². The number of benzene rings is 2. The molecule has 0 saturated heterocycles. The predicted octanol–water partition coefficient (Wildman–Crippen LogP) is 3.31. The van der Waals surface area contributed by atoms with Crippen molar-refractivity contribution in [1.29, 1.82) is 0 Å². The highest BCUT2D eigenvalue weighted by atomic mass is 32.2. The molecule has 9 heteroatoms. The molecule has 3 rings (SSSR count). The molecule has 0 unspecified atom stereocenters. The fraction of sp³-hybridized carbons (Fsp3) is 0.238. The van der Waals surface area contributed by atoms with Crippen LogP contribution in [0, 0.1) is 5.82 Å². The molecule has 0 atom stereocenters. The van der Waals surface area contributed by atoms with Gasteiger partial charge in [-0.3, -0.25) is 4.79 Å². The lowest BCUT2D eigenvalue weighted by molar-refractivity contribution is -0.113. The van der Waals surface area contributed by atoms with Gasteiger partial charge in [0, 0.05) is 12.6 Å². The molecule has 1 heterocycles. The summed E-state index contributed by atoms with van der Waals surface area (Å²) in [5.41, 5.74) is 1.97. The number of nitrogens with one attached hydrogen (secondary N) is 1. The second-order valence-electron chi connectivity index (χ2n) is 6.31. The van der Waals surface area contributed by atoms with Gasteiger partial charge < -0.3 is 24.5 Å². The van der Waals surface area contributed by atoms with Crippen LogP contribution in [0.25, 0.3) is 0 Å². The van der Waals surface area contributed by atoms with Gasteiger partial charge >= 0.3 is 0 Å². The molecule has 0 aliphatic rings. The molecule has 0 aliphatic heterocycles. The zero-order valence-corrected chi connectivity index (χ0v) is 17.4. The van der Waals surface area contributed by atoms with Crippen LogP contribution >= 0.6 is 11.8 Å². The normalized spacial score (nSPS) is 10.7. The minimum Gasteiger partial charge on any atom is -0.497 e. The number of hydrogen-bond donors (Lipinski definition) is 2. The number of anilines is 1. The number of ether oxygens (including phenoxy) is 2. The van der Waals surface area contributed by atoms with E-state index in [0.717, 1.165) is 5.56 Å². The summed E-state index contributed by atoms with van der Waals surface area (Å²) in [7, 11) is 3.07. The third-order valence-corrected chi connectivity index (χ3v) is 5.32. The van der Waals surface area contributed by atoms with Crippen LogP contribution in [0.3, 0.4) is 0 Å². The molecule has 3 aromatic rings. The summed E-state index contributed by atoms with van der Waals surface area (Å²) in [6.07, 6.45) is 1.56. The van der Waals surface area contributed by atoms with Gasteiger partial charge in [-0.05, 0) is 29.8 Å². The van der Waals surface area contributed by atoms with Crippen molar-refractivity contribution in [1.82, 2.24) is 9.55 Å². The summed E-state index contributed by atoms with van der Waals surface area (Å²) < 4.78 is 25.4. The van der Waals surface area contributed by atoms with Crippen molar-refractivity contribution in [3.63, 3.8) is 0 Å². The Morgan fingerprint density at radius 2 is 1.97 bits per heavy atom. The average molecular weight is 431 g/mol. The molecule has 2 aromatic carbocycles. The number of halogens is 1. The molecule has 1 aromatic heterocycles. The Kier molecular flexibility index (Phi) is 7.31. The van der Waals surface area contributed by atoms with E-state index in [-0.39, 0.29) is 24.1 Å². The van der Waals surface area contributed by atoms with E-state index >= 15 is 0 Å². The van der Waals surface area contributed by atoms with E-state index in [9.17, 15) is 14.3 Å². The Labute approximate surface area is 177 Å². The first-order chi connectivity index (χ1) is 14.5. The maximum atomic E-state index is 13.2. The van der Waals surface area contributed by atoms with Gasteiger partial charge in [-0.1, -0.05) is 23.9 Å². The number of methoxy groups -OCH3 is 2. The highest BCUT2D eigenvalue weighted by molar-refractivity contribution is 7.99. The van der Waals surface area contributed by atoms with Crippen molar-refractivity contribution in [2.45, 2.75) is 18.3 Å². The lowest BCUT2D eigenvalue weighted by atomic mass is 10.2. The second-order valence-corrected chi connectivity index (χ2v) is 7.25. The van der Waals surface area contributed by atoms with E-state index in [1.54, 1.807) is 48.2 Å². The number of rotatable bonds is 9. The van der Waals surface area contributed by atoms with Crippen LogP contribution in [0.1, 0.15) is 11.3 Å². The first-order valence-electron chi connectivity index (χ1n) is 9.08. The number of imidazole rings is 1. The lowest BCUT2D eigenvalue weighted by Gasteiger charge is -2.13. The minimum atomic E-state index is -0.314. The van der Waals surface area contributed by atoms with Crippen molar-refractivity contribution >= 4 is 23.4 Å². The van der Waals surface area contributed by atoms with Gasteiger partial charge in [-0.2, -0.15) is 0 Å². The highest BCUT2D eigenvalue weighted by Crippen LogP contribution is 2.29. The molecule has 30 heavy (non-hydrogen) atoms. The topological polar surface area (TPSA) is 85.6 Å². The molecule has 7 nitrogen and oxygen atoms in total. The molecule has 1 amide bonds. The molecular weight excluding hydrogens is 409 g/mol. The van der Waals surface area contributed by atoms with Crippen LogP contribution in [0.15, 0.2) is 53.8 Å². The predicted molar refractivity (Wildman–Crippen MR) is 113 cm³/mol. The Morgan fingerprint density at radius 1 is 1.20 bits per heavy atom. The second kappa shape index (κ2) is 10.1. The quantitative estimate of drug-likeness (QED) is 0.506. The van der Waals surface area contributed by atoms with Crippen molar-refractivity contribution in [3.8, 4) is 11.5 Å².